The van der Waals surface area contributed by atoms with Gasteiger partial charge in [0.05, 0.1) is 12.2 Å². The first-order valence-electron chi connectivity index (χ1n) is 8.38. The van der Waals surface area contributed by atoms with Gasteiger partial charge in [-0.05, 0) is 33.6 Å². The quantitative estimate of drug-likeness (QED) is 0.515. The monoisotopic (exact) mass is 300 g/mol. The summed E-state index contributed by atoms with van der Waals surface area (Å²) in [7, 11) is 0. The van der Waals surface area contributed by atoms with Crippen LogP contribution in [0.1, 0.15) is 80.1 Å². The first kappa shape index (κ1) is 20.6. The smallest absolute Gasteiger partial charge is 0.140 e. The molecule has 126 valence electrons. The van der Waals surface area contributed by atoms with Crippen LogP contribution in [0.5, 0.6) is 0 Å². The highest BCUT2D eigenvalue weighted by molar-refractivity contribution is 5.83. The summed E-state index contributed by atoms with van der Waals surface area (Å²) >= 11 is 0. The summed E-state index contributed by atoms with van der Waals surface area (Å²) in [6.45, 7) is 14.3. The minimum absolute atomic E-state index is 0.0155. The number of hydrogen-bond donors (Lipinski definition) is 0. The zero-order valence-corrected chi connectivity index (χ0v) is 15.1. The minimum Gasteiger partial charge on any atom is -0.381 e. The lowest BCUT2D eigenvalue weighted by atomic mass is 9.89. The number of hydrogen-bond acceptors (Lipinski definition) is 3. The molecule has 0 bridgehead atoms. The van der Waals surface area contributed by atoms with Gasteiger partial charge in [-0.3, -0.25) is 4.79 Å². The number of carbonyl (C=O) groups is 1. The molecule has 0 unspecified atom stereocenters. The van der Waals surface area contributed by atoms with Gasteiger partial charge in [0.1, 0.15) is 5.78 Å². The molecule has 0 aromatic rings. The molecule has 0 fully saturated rings. The van der Waals surface area contributed by atoms with Crippen LogP contribution >= 0.6 is 0 Å². The third-order valence-electron chi connectivity index (χ3n) is 3.28. The van der Waals surface area contributed by atoms with Crippen LogP contribution in [0.2, 0.25) is 0 Å². The molecule has 0 radical (unpaired) electrons. The van der Waals surface area contributed by atoms with Gasteiger partial charge in [0.2, 0.25) is 0 Å². The third-order valence-corrected chi connectivity index (χ3v) is 3.28. The lowest BCUT2D eigenvalue weighted by Gasteiger charge is -2.19. The Bertz CT molecular complexity index is 271. The van der Waals surface area contributed by atoms with Crippen LogP contribution in [0.3, 0.4) is 0 Å². The lowest BCUT2D eigenvalue weighted by molar-refractivity contribution is -0.127. The zero-order chi connectivity index (χ0) is 16.4. The first-order valence-corrected chi connectivity index (χ1v) is 8.38. The van der Waals surface area contributed by atoms with Crippen LogP contribution in [-0.4, -0.2) is 31.2 Å². The van der Waals surface area contributed by atoms with Gasteiger partial charge in [0, 0.05) is 25.0 Å². The summed E-state index contributed by atoms with van der Waals surface area (Å²) in [4.78, 5) is 11.7. The molecule has 0 saturated heterocycles. The van der Waals surface area contributed by atoms with E-state index in [1.807, 2.05) is 20.8 Å². The molecule has 0 aliphatic carbocycles. The molecule has 21 heavy (non-hydrogen) atoms. The summed E-state index contributed by atoms with van der Waals surface area (Å²) in [6, 6.07) is 0. The third kappa shape index (κ3) is 14.3. The molecule has 0 saturated carbocycles. The van der Waals surface area contributed by atoms with Gasteiger partial charge in [-0.2, -0.15) is 0 Å². The van der Waals surface area contributed by atoms with E-state index in [2.05, 4.69) is 20.8 Å². The van der Waals surface area contributed by atoms with Gasteiger partial charge < -0.3 is 9.47 Å². The van der Waals surface area contributed by atoms with Gasteiger partial charge in [-0.25, -0.2) is 0 Å². The molecule has 0 spiro atoms. The van der Waals surface area contributed by atoms with E-state index in [4.69, 9.17) is 9.47 Å². The number of ketones is 1. The van der Waals surface area contributed by atoms with Gasteiger partial charge >= 0.3 is 0 Å². The van der Waals surface area contributed by atoms with E-state index in [9.17, 15) is 4.79 Å². The molecular weight excluding hydrogens is 264 g/mol. The fraction of sp³-hybridized carbons (Fsp3) is 0.944. The number of carbonyl (C=O) groups excluding carboxylic acids is 1. The molecule has 0 amide bonds. The standard InChI is InChI=1S/C18H36O3/c1-17(2,3)16(19)12-15-20-13-10-8-7-9-11-14-21-18(4,5)6/h7-15H2,1-6H3. The van der Waals surface area contributed by atoms with E-state index in [1.54, 1.807) is 0 Å². The summed E-state index contributed by atoms with van der Waals surface area (Å²) in [5.41, 5.74) is -0.253. The van der Waals surface area contributed by atoms with Crippen molar-refractivity contribution in [3.63, 3.8) is 0 Å². The predicted octanol–water partition coefficient (Wildman–Crippen LogP) is 4.77. The molecule has 0 aliphatic heterocycles. The average Bonchev–Trinajstić information content (AvgIpc) is 2.33. The molecule has 0 aromatic carbocycles. The molecule has 0 aliphatic rings. The average molecular weight is 300 g/mol. The van der Waals surface area contributed by atoms with Crippen LogP contribution in [0.25, 0.3) is 0 Å². The van der Waals surface area contributed by atoms with Crippen molar-refractivity contribution in [2.75, 3.05) is 19.8 Å². The Morgan fingerprint density at radius 1 is 0.762 bits per heavy atom. The summed E-state index contributed by atoms with van der Waals surface area (Å²) < 4.78 is 11.2. The van der Waals surface area contributed by atoms with Crippen molar-refractivity contribution in [1.82, 2.24) is 0 Å². The Labute approximate surface area is 131 Å². The fourth-order valence-electron chi connectivity index (χ4n) is 1.86. The van der Waals surface area contributed by atoms with Gasteiger partial charge in [-0.15, -0.1) is 0 Å². The molecule has 3 heteroatoms. The van der Waals surface area contributed by atoms with Crippen molar-refractivity contribution < 1.29 is 14.3 Å². The summed E-state index contributed by atoms with van der Waals surface area (Å²) in [6.07, 6.45) is 6.41. The second kappa shape index (κ2) is 10.3. The van der Waals surface area contributed by atoms with Crippen LogP contribution in [0, 0.1) is 5.41 Å². The molecule has 0 heterocycles. The van der Waals surface area contributed by atoms with Crippen molar-refractivity contribution >= 4 is 5.78 Å². The van der Waals surface area contributed by atoms with E-state index in [0.717, 1.165) is 26.1 Å². The minimum atomic E-state index is -0.238. The van der Waals surface area contributed by atoms with Crippen molar-refractivity contribution in [3.8, 4) is 0 Å². The van der Waals surface area contributed by atoms with Crippen LogP contribution < -0.4 is 0 Å². The first-order chi connectivity index (χ1) is 9.63. The van der Waals surface area contributed by atoms with Crippen LogP contribution in [0.15, 0.2) is 0 Å². The van der Waals surface area contributed by atoms with Gasteiger partial charge in [-0.1, -0.05) is 40.0 Å². The fourth-order valence-corrected chi connectivity index (χ4v) is 1.86. The van der Waals surface area contributed by atoms with Crippen molar-refractivity contribution in [2.24, 2.45) is 5.41 Å². The van der Waals surface area contributed by atoms with Gasteiger partial charge in [0.15, 0.2) is 0 Å². The van der Waals surface area contributed by atoms with E-state index in [-0.39, 0.29) is 16.8 Å². The van der Waals surface area contributed by atoms with Gasteiger partial charge in [0.25, 0.3) is 0 Å². The Morgan fingerprint density at radius 2 is 1.29 bits per heavy atom. The maximum atomic E-state index is 11.7. The van der Waals surface area contributed by atoms with Crippen molar-refractivity contribution in [1.29, 1.82) is 0 Å². The summed E-state index contributed by atoms with van der Waals surface area (Å²) in [5, 5.41) is 0. The number of Topliss-reactive ketones (excluding diaryl/α,β-unsaturated/α-hetero) is 1. The SMILES string of the molecule is CC(C)(C)OCCCCCCCOCCC(=O)C(C)(C)C. The second-order valence-corrected chi connectivity index (χ2v) is 7.76. The Morgan fingerprint density at radius 3 is 1.81 bits per heavy atom. The van der Waals surface area contributed by atoms with Crippen LogP contribution in [0.4, 0.5) is 0 Å². The highest BCUT2D eigenvalue weighted by Gasteiger charge is 2.20. The van der Waals surface area contributed by atoms with Crippen molar-refractivity contribution in [2.45, 2.75) is 85.7 Å². The summed E-state index contributed by atoms with van der Waals surface area (Å²) in [5.74, 6) is 0.279. The maximum Gasteiger partial charge on any atom is 0.140 e. The number of ether oxygens (including phenoxy) is 2. The Balaban J connectivity index is 3.25. The Hall–Kier alpha value is -0.410. The topological polar surface area (TPSA) is 35.5 Å². The molecule has 0 atom stereocenters. The largest absolute Gasteiger partial charge is 0.381 e. The van der Waals surface area contributed by atoms with E-state index in [1.165, 1.54) is 19.3 Å². The molecule has 0 N–H and O–H groups in total. The normalized spacial score (nSPS) is 12.7. The highest BCUT2D eigenvalue weighted by atomic mass is 16.5. The number of unbranched alkanes of at least 4 members (excludes halogenated alkanes) is 4. The molecule has 0 aromatic heterocycles. The number of rotatable bonds is 11. The molecule has 3 nitrogen and oxygen atoms in total. The van der Waals surface area contributed by atoms with Crippen molar-refractivity contribution in [3.05, 3.63) is 0 Å². The molecular formula is C18H36O3. The van der Waals surface area contributed by atoms with E-state index < -0.39 is 0 Å². The Kier molecular flexibility index (Phi) is 10.1. The predicted molar refractivity (Wildman–Crippen MR) is 88.7 cm³/mol. The zero-order valence-electron chi connectivity index (χ0n) is 15.1. The lowest BCUT2D eigenvalue weighted by Crippen LogP contribution is -2.21. The second-order valence-electron chi connectivity index (χ2n) is 7.76. The van der Waals surface area contributed by atoms with E-state index in [0.29, 0.717) is 13.0 Å². The maximum absolute atomic E-state index is 11.7. The van der Waals surface area contributed by atoms with Crippen LogP contribution in [-0.2, 0) is 14.3 Å². The van der Waals surface area contributed by atoms with E-state index >= 15 is 0 Å². The highest BCUT2D eigenvalue weighted by Crippen LogP contribution is 2.16. The molecule has 0 rings (SSSR count).